The molecule has 0 radical (unpaired) electrons. The Morgan fingerprint density at radius 1 is 1.14 bits per heavy atom. The molecule has 1 aromatic carbocycles. The van der Waals surface area contributed by atoms with Gasteiger partial charge in [-0.25, -0.2) is 4.98 Å². The summed E-state index contributed by atoms with van der Waals surface area (Å²) in [5, 5.41) is 5.95. The average molecular weight is 299 g/mol. The van der Waals surface area contributed by atoms with E-state index in [0.717, 1.165) is 17.2 Å². The van der Waals surface area contributed by atoms with Crippen molar-refractivity contribution in [2.45, 2.75) is 13.3 Å². The Balaban J connectivity index is 1.69. The second-order valence-corrected chi connectivity index (χ2v) is 4.82. The van der Waals surface area contributed by atoms with Gasteiger partial charge in [0.1, 0.15) is 19.0 Å². The maximum Gasteiger partial charge on any atom is 0.224 e. The molecule has 0 saturated carbocycles. The molecule has 3 rings (SSSR count). The van der Waals surface area contributed by atoms with Gasteiger partial charge in [-0.05, 0) is 24.3 Å². The highest BCUT2D eigenvalue weighted by Gasteiger charge is 2.11. The summed E-state index contributed by atoms with van der Waals surface area (Å²) in [6.45, 7) is 2.94. The van der Waals surface area contributed by atoms with Gasteiger partial charge >= 0.3 is 0 Å². The lowest BCUT2D eigenvalue weighted by Crippen LogP contribution is -2.15. The summed E-state index contributed by atoms with van der Waals surface area (Å²) in [6.07, 6.45) is 2.06. The first-order chi connectivity index (χ1) is 10.7. The van der Waals surface area contributed by atoms with Gasteiger partial charge in [-0.2, -0.15) is 0 Å². The highest BCUT2D eigenvalue weighted by atomic mass is 16.6. The first kappa shape index (κ1) is 14.2. The Bertz CT molecular complexity index is 671. The number of benzene rings is 1. The van der Waals surface area contributed by atoms with Gasteiger partial charge in [0.25, 0.3) is 0 Å². The maximum atomic E-state index is 11.3. The molecule has 0 atom stereocenters. The molecule has 1 aliphatic heterocycles. The summed E-state index contributed by atoms with van der Waals surface area (Å²) < 4.78 is 11.0. The van der Waals surface area contributed by atoms with E-state index in [4.69, 9.17) is 9.47 Å². The second-order valence-electron chi connectivity index (χ2n) is 4.82. The van der Waals surface area contributed by atoms with Gasteiger partial charge in [0.2, 0.25) is 5.91 Å². The van der Waals surface area contributed by atoms with E-state index in [2.05, 4.69) is 15.6 Å². The topological polar surface area (TPSA) is 72.5 Å². The van der Waals surface area contributed by atoms with Crippen molar-refractivity contribution in [3.05, 3.63) is 36.5 Å². The Morgan fingerprint density at radius 2 is 1.91 bits per heavy atom. The van der Waals surface area contributed by atoms with Crippen LogP contribution in [0.1, 0.15) is 13.3 Å². The fourth-order valence-electron chi connectivity index (χ4n) is 2.06. The zero-order valence-electron chi connectivity index (χ0n) is 12.3. The van der Waals surface area contributed by atoms with Crippen LogP contribution in [0.3, 0.4) is 0 Å². The quantitative estimate of drug-likeness (QED) is 0.908. The third-order valence-corrected chi connectivity index (χ3v) is 3.18. The number of hydrogen-bond donors (Lipinski definition) is 2. The fraction of sp³-hybridized carbons (Fsp3) is 0.250. The van der Waals surface area contributed by atoms with E-state index in [9.17, 15) is 4.79 Å². The minimum atomic E-state index is -0.0330. The third kappa shape index (κ3) is 3.28. The van der Waals surface area contributed by atoms with Crippen LogP contribution in [0, 0.1) is 0 Å². The molecule has 6 heteroatoms. The standard InChI is InChI=1S/C16H17N3O3/c1-2-16(20)19-12-4-6-15(17-10-12)18-11-3-5-13-14(9-11)22-8-7-21-13/h3-6,9-10H,2,7-8H2,1H3,(H,17,18)(H,19,20). The van der Waals surface area contributed by atoms with E-state index < -0.39 is 0 Å². The van der Waals surface area contributed by atoms with Crippen molar-refractivity contribution >= 4 is 23.1 Å². The van der Waals surface area contributed by atoms with Crippen molar-refractivity contribution < 1.29 is 14.3 Å². The molecule has 1 amide bonds. The normalized spacial score (nSPS) is 12.6. The molecule has 0 unspecified atom stereocenters. The number of carbonyl (C=O) groups is 1. The second kappa shape index (κ2) is 6.34. The summed E-state index contributed by atoms with van der Waals surface area (Å²) in [5.41, 5.74) is 1.54. The van der Waals surface area contributed by atoms with Crippen LogP contribution in [-0.4, -0.2) is 24.1 Å². The van der Waals surface area contributed by atoms with Crippen molar-refractivity contribution in [3.8, 4) is 11.5 Å². The summed E-state index contributed by atoms with van der Waals surface area (Å²) in [7, 11) is 0. The van der Waals surface area contributed by atoms with Gasteiger partial charge in [0, 0.05) is 18.2 Å². The first-order valence-electron chi connectivity index (χ1n) is 7.17. The van der Waals surface area contributed by atoms with Gasteiger partial charge < -0.3 is 20.1 Å². The van der Waals surface area contributed by atoms with Crippen LogP contribution in [-0.2, 0) is 4.79 Å². The molecule has 1 aromatic heterocycles. The Hall–Kier alpha value is -2.76. The van der Waals surface area contributed by atoms with Crippen LogP contribution < -0.4 is 20.1 Å². The number of hydrogen-bond acceptors (Lipinski definition) is 5. The summed E-state index contributed by atoms with van der Waals surface area (Å²) in [5.74, 6) is 2.13. The minimum absolute atomic E-state index is 0.0330. The van der Waals surface area contributed by atoms with Crippen LogP contribution >= 0.6 is 0 Å². The molecule has 2 N–H and O–H groups in total. The van der Waals surface area contributed by atoms with Crippen LogP contribution in [0.25, 0.3) is 0 Å². The lowest BCUT2D eigenvalue weighted by Gasteiger charge is -2.19. The van der Waals surface area contributed by atoms with Gasteiger partial charge in [-0.3, -0.25) is 4.79 Å². The smallest absolute Gasteiger partial charge is 0.224 e. The number of nitrogens with zero attached hydrogens (tertiary/aromatic N) is 1. The van der Waals surface area contributed by atoms with Gasteiger partial charge in [-0.15, -0.1) is 0 Å². The Labute approximate surface area is 128 Å². The SMILES string of the molecule is CCC(=O)Nc1ccc(Nc2ccc3c(c2)OCCO3)nc1. The van der Waals surface area contributed by atoms with E-state index in [1.807, 2.05) is 24.3 Å². The van der Waals surface area contributed by atoms with E-state index in [-0.39, 0.29) is 5.91 Å². The van der Waals surface area contributed by atoms with E-state index in [1.54, 1.807) is 19.2 Å². The third-order valence-electron chi connectivity index (χ3n) is 3.18. The average Bonchev–Trinajstić information content (AvgIpc) is 2.56. The fourth-order valence-corrected chi connectivity index (χ4v) is 2.06. The molecular weight excluding hydrogens is 282 g/mol. The van der Waals surface area contributed by atoms with Crippen molar-refractivity contribution in [1.29, 1.82) is 0 Å². The molecule has 2 aromatic rings. The molecule has 2 heterocycles. The molecule has 22 heavy (non-hydrogen) atoms. The number of carbonyl (C=O) groups excluding carboxylic acids is 1. The molecule has 6 nitrogen and oxygen atoms in total. The monoisotopic (exact) mass is 299 g/mol. The molecule has 0 bridgehead atoms. The lowest BCUT2D eigenvalue weighted by molar-refractivity contribution is -0.115. The largest absolute Gasteiger partial charge is 0.486 e. The van der Waals surface area contributed by atoms with Gasteiger partial charge in [-0.1, -0.05) is 6.92 Å². The number of nitrogens with one attached hydrogen (secondary N) is 2. The predicted octanol–water partition coefficient (Wildman–Crippen LogP) is 2.94. The molecule has 114 valence electrons. The number of aromatic nitrogens is 1. The van der Waals surface area contributed by atoms with Crippen molar-refractivity contribution in [2.75, 3.05) is 23.8 Å². The maximum absolute atomic E-state index is 11.3. The molecule has 0 spiro atoms. The van der Waals surface area contributed by atoms with Crippen LogP contribution in [0.15, 0.2) is 36.5 Å². The van der Waals surface area contributed by atoms with Crippen molar-refractivity contribution in [2.24, 2.45) is 0 Å². The molecule has 0 aliphatic carbocycles. The Kier molecular flexibility index (Phi) is 4.09. The number of rotatable bonds is 4. The van der Waals surface area contributed by atoms with Gasteiger partial charge in [0.15, 0.2) is 11.5 Å². The van der Waals surface area contributed by atoms with Gasteiger partial charge in [0.05, 0.1) is 11.9 Å². The van der Waals surface area contributed by atoms with Crippen LogP contribution in [0.5, 0.6) is 11.5 Å². The van der Waals surface area contributed by atoms with Crippen molar-refractivity contribution in [3.63, 3.8) is 0 Å². The highest BCUT2D eigenvalue weighted by Crippen LogP contribution is 2.33. The number of anilines is 3. The predicted molar refractivity (Wildman–Crippen MR) is 83.9 cm³/mol. The van der Waals surface area contributed by atoms with E-state index in [0.29, 0.717) is 31.1 Å². The zero-order valence-corrected chi connectivity index (χ0v) is 12.3. The molecular formula is C16H17N3O3. The molecule has 1 aliphatic rings. The summed E-state index contributed by atoms with van der Waals surface area (Å²) in [6, 6.07) is 9.26. The Morgan fingerprint density at radius 3 is 2.64 bits per heavy atom. The summed E-state index contributed by atoms with van der Waals surface area (Å²) in [4.78, 5) is 15.6. The first-order valence-corrected chi connectivity index (χ1v) is 7.17. The number of fused-ring (bicyclic) bond motifs is 1. The lowest BCUT2D eigenvalue weighted by atomic mass is 10.2. The number of ether oxygens (including phenoxy) is 2. The number of amides is 1. The van der Waals surface area contributed by atoms with Crippen LogP contribution in [0.4, 0.5) is 17.2 Å². The minimum Gasteiger partial charge on any atom is -0.486 e. The molecule has 0 saturated heterocycles. The zero-order chi connectivity index (χ0) is 15.4. The molecule has 0 fully saturated rings. The van der Waals surface area contributed by atoms with Crippen molar-refractivity contribution in [1.82, 2.24) is 4.98 Å². The van der Waals surface area contributed by atoms with E-state index in [1.165, 1.54) is 0 Å². The summed E-state index contributed by atoms with van der Waals surface area (Å²) >= 11 is 0. The highest BCUT2D eigenvalue weighted by molar-refractivity contribution is 5.90. The van der Waals surface area contributed by atoms with E-state index >= 15 is 0 Å². The number of pyridine rings is 1. The van der Waals surface area contributed by atoms with Crippen LogP contribution in [0.2, 0.25) is 0 Å².